The molecule has 3 aromatic rings. The number of hydrogen-bond donors (Lipinski definition) is 0. The van der Waals surface area contributed by atoms with E-state index < -0.39 is 22.9 Å². The molecule has 0 N–H and O–H groups in total. The summed E-state index contributed by atoms with van der Waals surface area (Å²) in [6.07, 6.45) is -3.94. The molecule has 0 aliphatic carbocycles. The molecule has 0 radical (unpaired) electrons. The molecular formula is C25H25F3N2O4. The van der Waals surface area contributed by atoms with Gasteiger partial charge in [0.2, 0.25) is 11.2 Å². The van der Waals surface area contributed by atoms with Gasteiger partial charge >= 0.3 is 6.18 Å². The molecule has 3 heterocycles. The van der Waals surface area contributed by atoms with Crippen LogP contribution in [-0.2, 0) is 17.5 Å². The first kappa shape index (κ1) is 22.9. The highest BCUT2D eigenvalue weighted by atomic mass is 19.4. The Kier molecular flexibility index (Phi) is 6.33. The standard InChI is InChI=1S/C25H25F3N2O4/c26-25(27,28)24-21(17-5-2-1-3-6-17)22(31)18-7-8-20-19(23(18)34-24)15-30(16-33-20)10-4-9-29-11-13-32-14-12-29/h1-3,5-8H,4,9-16H2. The molecule has 180 valence electrons. The van der Waals surface area contributed by atoms with Gasteiger partial charge in [0, 0.05) is 26.2 Å². The van der Waals surface area contributed by atoms with E-state index in [1.807, 2.05) is 4.90 Å². The van der Waals surface area contributed by atoms with E-state index in [-0.39, 0.29) is 16.5 Å². The van der Waals surface area contributed by atoms with Gasteiger partial charge in [0.1, 0.15) is 18.1 Å². The summed E-state index contributed by atoms with van der Waals surface area (Å²) in [4.78, 5) is 17.6. The third kappa shape index (κ3) is 4.55. The van der Waals surface area contributed by atoms with Gasteiger partial charge in [-0.15, -0.1) is 0 Å². The highest BCUT2D eigenvalue weighted by Crippen LogP contribution is 2.40. The zero-order valence-corrected chi connectivity index (χ0v) is 18.6. The lowest BCUT2D eigenvalue weighted by Gasteiger charge is -2.31. The Labute approximate surface area is 194 Å². The van der Waals surface area contributed by atoms with Gasteiger partial charge < -0.3 is 13.9 Å². The van der Waals surface area contributed by atoms with Crippen molar-refractivity contribution < 1.29 is 27.1 Å². The van der Waals surface area contributed by atoms with Crippen LogP contribution in [0.5, 0.6) is 5.75 Å². The molecule has 1 aromatic heterocycles. The summed E-state index contributed by atoms with van der Waals surface area (Å²) < 4.78 is 58.7. The lowest BCUT2D eigenvalue weighted by molar-refractivity contribution is -0.152. The van der Waals surface area contributed by atoms with Gasteiger partial charge in [0.15, 0.2) is 0 Å². The predicted octanol–water partition coefficient (Wildman–Crippen LogP) is 4.35. The van der Waals surface area contributed by atoms with Crippen LogP contribution >= 0.6 is 0 Å². The van der Waals surface area contributed by atoms with Crippen molar-refractivity contribution in [1.82, 2.24) is 9.80 Å². The molecular weight excluding hydrogens is 449 g/mol. The molecule has 0 unspecified atom stereocenters. The average molecular weight is 474 g/mol. The molecule has 0 amide bonds. The third-order valence-electron chi connectivity index (χ3n) is 6.28. The van der Waals surface area contributed by atoms with E-state index in [9.17, 15) is 18.0 Å². The second-order valence-electron chi connectivity index (χ2n) is 8.55. The molecule has 2 aromatic carbocycles. The van der Waals surface area contributed by atoms with Crippen LogP contribution in [0.4, 0.5) is 13.2 Å². The number of alkyl halides is 3. The van der Waals surface area contributed by atoms with E-state index in [0.717, 1.165) is 39.3 Å². The Morgan fingerprint density at radius 3 is 2.41 bits per heavy atom. The summed E-state index contributed by atoms with van der Waals surface area (Å²) in [6.45, 7) is 5.58. The fourth-order valence-electron chi connectivity index (χ4n) is 4.56. The topological polar surface area (TPSA) is 55.2 Å². The number of hydrogen-bond acceptors (Lipinski definition) is 6. The largest absolute Gasteiger partial charge is 0.478 e. The van der Waals surface area contributed by atoms with E-state index in [0.29, 0.717) is 31.1 Å². The van der Waals surface area contributed by atoms with Crippen molar-refractivity contribution in [1.29, 1.82) is 0 Å². The molecule has 0 bridgehead atoms. The summed E-state index contributed by atoms with van der Waals surface area (Å²) in [5.41, 5.74) is -0.597. The fraction of sp³-hybridized carbons (Fsp3) is 0.400. The number of morpholine rings is 1. The second kappa shape index (κ2) is 9.40. The van der Waals surface area contributed by atoms with E-state index in [2.05, 4.69) is 4.90 Å². The number of fused-ring (bicyclic) bond motifs is 3. The maximum Gasteiger partial charge on any atom is 0.450 e. The predicted molar refractivity (Wildman–Crippen MR) is 121 cm³/mol. The van der Waals surface area contributed by atoms with Crippen molar-refractivity contribution in [3.8, 4) is 16.9 Å². The SMILES string of the molecule is O=c1c(-c2ccccc2)c(C(F)(F)F)oc2c3c(ccc12)OCN(CCCN1CCOCC1)C3. The summed E-state index contributed by atoms with van der Waals surface area (Å²) in [7, 11) is 0. The van der Waals surface area contributed by atoms with Crippen molar-refractivity contribution >= 4 is 11.0 Å². The number of ether oxygens (including phenoxy) is 2. The smallest absolute Gasteiger partial charge is 0.450 e. The fourth-order valence-corrected chi connectivity index (χ4v) is 4.56. The molecule has 34 heavy (non-hydrogen) atoms. The van der Waals surface area contributed by atoms with Gasteiger partial charge in [-0.05, 0) is 30.7 Å². The first-order valence-corrected chi connectivity index (χ1v) is 11.3. The normalized spacial score (nSPS) is 17.5. The maximum absolute atomic E-state index is 14.0. The van der Waals surface area contributed by atoms with Crippen LogP contribution in [0.3, 0.4) is 0 Å². The second-order valence-corrected chi connectivity index (χ2v) is 8.55. The van der Waals surface area contributed by atoms with Crippen molar-refractivity contribution in [2.45, 2.75) is 19.1 Å². The lowest BCUT2D eigenvalue weighted by Crippen LogP contribution is -2.39. The Bertz CT molecular complexity index is 1220. The Morgan fingerprint density at radius 1 is 0.941 bits per heavy atom. The molecule has 9 heteroatoms. The van der Waals surface area contributed by atoms with E-state index >= 15 is 0 Å². The molecule has 2 aliphatic rings. The van der Waals surface area contributed by atoms with E-state index in [1.54, 1.807) is 24.3 Å². The van der Waals surface area contributed by atoms with Crippen LogP contribution < -0.4 is 10.2 Å². The monoisotopic (exact) mass is 474 g/mol. The third-order valence-corrected chi connectivity index (χ3v) is 6.28. The molecule has 0 saturated carbocycles. The van der Waals surface area contributed by atoms with Gasteiger partial charge in [-0.3, -0.25) is 14.6 Å². The van der Waals surface area contributed by atoms with Gasteiger partial charge in [-0.2, -0.15) is 13.2 Å². The van der Waals surface area contributed by atoms with E-state index in [4.69, 9.17) is 13.9 Å². The van der Waals surface area contributed by atoms with Crippen LogP contribution in [0.25, 0.3) is 22.1 Å². The van der Waals surface area contributed by atoms with Crippen molar-refractivity contribution in [3.05, 3.63) is 64.0 Å². The molecule has 5 rings (SSSR count). The van der Waals surface area contributed by atoms with Crippen LogP contribution in [0.15, 0.2) is 51.7 Å². The quantitative estimate of drug-likeness (QED) is 0.548. The summed E-state index contributed by atoms with van der Waals surface area (Å²) in [5.74, 6) is -0.838. The molecule has 6 nitrogen and oxygen atoms in total. The molecule has 2 aliphatic heterocycles. The Morgan fingerprint density at radius 2 is 1.68 bits per heavy atom. The molecule has 0 atom stereocenters. The number of halogens is 3. The van der Waals surface area contributed by atoms with Crippen LogP contribution in [0.1, 0.15) is 17.7 Å². The number of rotatable bonds is 5. The molecule has 0 spiro atoms. The summed E-state index contributed by atoms with van der Waals surface area (Å²) >= 11 is 0. The highest BCUT2D eigenvalue weighted by molar-refractivity contribution is 5.87. The Hall–Kier alpha value is -2.88. The number of benzene rings is 2. The minimum atomic E-state index is -4.82. The van der Waals surface area contributed by atoms with Gasteiger partial charge in [-0.25, -0.2) is 0 Å². The van der Waals surface area contributed by atoms with Gasteiger partial charge in [-0.1, -0.05) is 30.3 Å². The van der Waals surface area contributed by atoms with Crippen LogP contribution in [0, 0.1) is 0 Å². The zero-order chi connectivity index (χ0) is 23.7. The van der Waals surface area contributed by atoms with Crippen LogP contribution in [-0.4, -0.2) is 55.9 Å². The Balaban J connectivity index is 1.48. The lowest BCUT2D eigenvalue weighted by atomic mass is 10.00. The summed E-state index contributed by atoms with van der Waals surface area (Å²) in [5, 5.41) is 0.115. The first-order valence-electron chi connectivity index (χ1n) is 11.3. The summed E-state index contributed by atoms with van der Waals surface area (Å²) in [6, 6.07) is 10.9. The first-order chi connectivity index (χ1) is 16.4. The van der Waals surface area contributed by atoms with Gasteiger partial charge in [0.05, 0.1) is 29.7 Å². The number of nitrogens with zero attached hydrogens (tertiary/aromatic N) is 2. The van der Waals surface area contributed by atoms with Crippen LogP contribution in [0.2, 0.25) is 0 Å². The van der Waals surface area contributed by atoms with Crippen molar-refractivity contribution in [2.24, 2.45) is 0 Å². The molecule has 1 saturated heterocycles. The van der Waals surface area contributed by atoms with Crippen molar-refractivity contribution in [3.63, 3.8) is 0 Å². The highest BCUT2D eigenvalue weighted by Gasteiger charge is 2.40. The average Bonchev–Trinajstić information content (AvgIpc) is 2.84. The minimum absolute atomic E-state index is 0.0626. The molecule has 1 fully saturated rings. The minimum Gasteiger partial charge on any atom is -0.478 e. The van der Waals surface area contributed by atoms with E-state index in [1.165, 1.54) is 18.2 Å². The zero-order valence-electron chi connectivity index (χ0n) is 18.6. The maximum atomic E-state index is 14.0. The van der Waals surface area contributed by atoms with Crippen molar-refractivity contribution in [2.75, 3.05) is 46.1 Å². The van der Waals surface area contributed by atoms with Gasteiger partial charge in [0.25, 0.3) is 0 Å².